The van der Waals surface area contributed by atoms with Crippen LogP contribution in [0.5, 0.6) is 0 Å². The van der Waals surface area contributed by atoms with Gasteiger partial charge >= 0.3 is 0 Å². The minimum Gasteiger partial charge on any atom is -0.394 e. The molecule has 1 unspecified atom stereocenters. The van der Waals surface area contributed by atoms with Crippen LogP contribution in [0.2, 0.25) is 5.02 Å². The largest absolute Gasteiger partial charge is 0.394 e. The summed E-state index contributed by atoms with van der Waals surface area (Å²) >= 11 is 5.83. The molecule has 0 spiro atoms. The average molecular weight is 334 g/mol. The molecule has 0 fully saturated rings. The van der Waals surface area contributed by atoms with Crippen LogP contribution in [0.15, 0.2) is 54.6 Å². The molecule has 0 bridgehead atoms. The first-order valence-electron chi connectivity index (χ1n) is 7.46. The zero-order valence-corrected chi connectivity index (χ0v) is 13.5. The molecule has 122 valence electrons. The number of aliphatic hydroxyl groups is 1. The first-order chi connectivity index (χ1) is 11.2. The number of benzene rings is 2. The molecule has 2 aromatic rings. The second-order valence-corrected chi connectivity index (χ2v) is 5.58. The molecule has 0 radical (unpaired) electrons. The second-order valence-electron chi connectivity index (χ2n) is 5.14. The quantitative estimate of drug-likeness (QED) is 0.730. The van der Waals surface area contributed by atoms with E-state index in [0.29, 0.717) is 11.6 Å². The third kappa shape index (κ3) is 6.02. The van der Waals surface area contributed by atoms with E-state index < -0.39 is 6.04 Å². The Balaban J connectivity index is 1.73. The van der Waals surface area contributed by atoms with E-state index in [-0.39, 0.29) is 19.1 Å². The summed E-state index contributed by atoms with van der Waals surface area (Å²) < 4.78 is 5.38. The monoisotopic (exact) mass is 333 g/mol. The molecule has 2 aromatic carbocycles. The molecule has 0 saturated carbocycles. The van der Waals surface area contributed by atoms with Crippen LogP contribution in [0.4, 0.5) is 0 Å². The van der Waals surface area contributed by atoms with Gasteiger partial charge in [0, 0.05) is 5.02 Å². The molecule has 0 aliphatic heterocycles. The second kappa shape index (κ2) is 9.30. The SMILES string of the molecule is O=C(COCCc1ccccc1)NC(CO)c1ccc(Cl)cc1. The Morgan fingerprint density at radius 3 is 2.48 bits per heavy atom. The maximum absolute atomic E-state index is 11.9. The number of amides is 1. The predicted octanol–water partition coefficient (Wildman–Crippen LogP) is 2.75. The molecular weight excluding hydrogens is 314 g/mol. The van der Waals surface area contributed by atoms with Crippen LogP contribution < -0.4 is 5.32 Å². The van der Waals surface area contributed by atoms with Crippen LogP contribution in [-0.2, 0) is 16.0 Å². The van der Waals surface area contributed by atoms with Gasteiger partial charge in [-0.15, -0.1) is 0 Å². The Kier molecular flexibility index (Phi) is 7.07. The summed E-state index contributed by atoms with van der Waals surface area (Å²) in [5.74, 6) is -0.257. The number of nitrogens with one attached hydrogen (secondary N) is 1. The Morgan fingerprint density at radius 1 is 1.13 bits per heavy atom. The molecule has 23 heavy (non-hydrogen) atoms. The van der Waals surface area contributed by atoms with E-state index in [2.05, 4.69) is 5.32 Å². The highest BCUT2D eigenvalue weighted by atomic mass is 35.5. The van der Waals surface area contributed by atoms with Gasteiger partial charge in [0.05, 0.1) is 19.3 Å². The van der Waals surface area contributed by atoms with Crippen LogP contribution in [0.25, 0.3) is 0 Å². The van der Waals surface area contributed by atoms with Gasteiger partial charge in [0.2, 0.25) is 5.91 Å². The van der Waals surface area contributed by atoms with Crippen LogP contribution >= 0.6 is 11.6 Å². The van der Waals surface area contributed by atoms with Crippen molar-refractivity contribution in [3.05, 3.63) is 70.7 Å². The lowest BCUT2D eigenvalue weighted by atomic mass is 10.1. The van der Waals surface area contributed by atoms with Crippen molar-refractivity contribution >= 4 is 17.5 Å². The minimum atomic E-state index is -0.461. The summed E-state index contributed by atoms with van der Waals surface area (Å²) in [4.78, 5) is 11.9. The molecule has 0 aliphatic rings. The van der Waals surface area contributed by atoms with Gasteiger partial charge < -0.3 is 15.2 Å². The molecule has 5 heteroatoms. The fourth-order valence-electron chi connectivity index (χ4n) is 2.17. The molecule has 1 atom stereocenters. The van der Waals surface area contributed by atoms with Crippen molar-refractivity contribution in [3.63, 3.8) is 0 Å². The minimum absolute atomic E-state index is 0.0308. The molecule has 4 nitrogen and oxygen atoms in total. The summed E-state index contributed by atoms with van der Waals surface area (Å²) in [6.07, 6.45) is 0.759. The number of hydrogen-bond donors (Lipinski definition) is 2. The number of carbonyl (C=O) groups is 1. The number of hydrogen-bond acceptors (Lipinski definition) is 3. The molecule has 2 N–H and O–H groups in total. The first kappa shape index (κ1) is 17.5. The standard InChI is InChI=1S/C18H20ClNO3/c19-16-8-6-15(7-9-16)17(12-21)20-18(22)13-23-11-10-14-4-2-1-3-5-14/h1-9,17,21H,10-13H2,(H,20,22). The van der Waals surface area contributed by atoms with Crippen LogP contribution in [0, 0.1) is 0 Å². The topological polar surface area (TPSA) is 58.6 Å². The van der Waals surface area contributed by atoms with E-state index in [1.807, 2.05) is 30.3 Å². The highest BCUT2D eigenvalue weighted by Crippen LogP contribution is 2.16. The van der Waals surface area contributed by atoms with Crippen molar-refractivity contribution in [2.75, 3.05) is 19.8 Å². The van der Waals surface area contributed by atoms with E-state index in [9.17, 15) is 9.90 Å². The molecular formula is C18H20ClNO3. The van der Waals surface area contributed by atoms with Crippen LogP contribution in [0.1, 0.15) is 17.2 Å². The van der Waals surface area contributed by atoms with E-state index >= 15 is 0 Å². The molecule has 0 aliphatic carbocycles. The Labute approximate surface area is 141 Å². The average Bonchev–Trinajstić information content (AvgIpc) is 2.58. The predicted molar refractivity (Wildman–Crippen MR) is 90.4 cm³/mol. The fourth-order valence-corrected chi connectivity index (χ4v) is 2.29. The number of halogens is 1. The van der Waals surface area contributed by atoms with Crippen LogP contribution in [0.3, 0.4) is 0 Å². The van der Waals surface area contributed by atoms with Gasteiger partial charge in [-0.1, -0.05) is 54.1 Å². The van der Waals surface area contributed by atoms with Gasteiger partial charge in [-0.3, -0.25) is 4.79 Å². The third-order valence-corrected chi connectivity index (χ3v) is 3.65. The third-order valence-electron chi connectivity index (χ3n) is 3.40. The van der Waals surface area contributed by atoms with Crippen molar-refractivity contribution in [1.29, 1.82) is 0 Å². The summed E-state index contributed by atoms with van der Waals surface area (Å²) in [5.41, 5.74) is 1.97. The van der Waals surface area contributed by atoms with Gasteiger partial charge in [0.1, 0.15) is 6.61 Å². The fraction of sp³-hybridized carbons (Fsp3) is 0.278. The van der Waals surface area contributed by atoms with Crippen molar-refractivity contribution in [1.82, 2.24) is 5.32 Å². The van der Waals surface area contributed by atoms with Gasteiger partial charge in [0.25, 0.3) is 0 Å². The number of ether oxygens (including phenoxy) is 1. The molecule has 0 saturated heterocycles. The van der Waals surface area contributed by atoms with E-state index in [1.165, 1.54) is 5.56 Å². The van der Waals surface area contributed by atoms with Crippen molar-refractivity contribution in [2.45, 2.75) is 12.5 Å². The lowest BCUT2D eigenvalue weighted by molar-refractivity contribution is -0.126. The highest BCUT2D eigenvalue weighted by Gasteiger charge is 2.13. The summed E-state index contributed by atoms with van der Waals surface area (Å²) in [7, 11) is 0. The summed E-state index contributed by atoms with van der Waals surface area (Å²) in [5, 5.41) is 12.8. The Bertz CT molecular complexity index is 601. The molecule has 0 heterocycles. The highest BCUT2D eigenvalue weighted by molar-refractivity contribution is 6.30. The first-order valence-corrected chi connectivity index (χ1v) is 7.84. The Morgan fingerprint density at radius 2 is 1.83 bits per heavy atom. The van der Waals surface area contributed by atoms with Gasteiger partial charge in [-0.25, -0.2) is 0 Å². The number of aliphatic hydroxyl groups excluding tert-OH is 1. The molecule has 0 aromatic heterocycles. The maximum Gasteiger partial charge on any atom is 0.246 e. The maximum atomic E-state index is 11.9. The van der Waals surface area contributed by atoms with E-state index in [1.54, 1.807) is 24.3 Å². The van der Waals surface area contributed by atoms with Crippen molar-refractivity contribution < 1.29 is 14.6 Å². The molecule has 1 amide bonds. The Hall–Kier alpha value is -1.88. The summed E-state index contributed by atoms with van der Waals surface area (Å²) in [6, 6.07) is 16.5. The smallest absolute Gasteiger partial charge is 0.246 e. The van der Waals surface area contributed by atoms with Gasteiger partial charge in [0.15, 0.2) is 0 Å². The zero-order chi connectivity index (χ0) is 16.5. The number of carbonyl (C=O) groups excluding carboxylic acids is 1. The normalized spacial score (nSPS) is 11.9. The van der Waals surface area contributed by atoms with Crippen LogP contribution in [-0.4, -0.2) is 30.8 Å². The van der Waals surface area contributed by atoms with Crippen molar-refractivity contribution in [3.8, 4) is 0 Å². The van der Waals surface area contributed by atoms with E-state index in [4.69, 9.17) is 16.3 Å². The van der Waals surface area contributed by atoms with E-state index in [0.717, 1.165) is 12.0 Å². The van der Waals surface area contributed by atoms with Gasteiger partial charge in [-0.05, 0) is 29.7 Å². The lowest BCUT2D eigenvalue weighted by Gasteiger charge is -2.17. The number of rotatable bonds is 8. The van der Waals surface area contributed by atoms with Gasteiger partial charge in [-0.2, -0.15) is 0 Å². The molecule has 2 rings (SSSR count). The lowest BCUT2D eigenvalue weighted by Crippen LogP contribution is -2.33. The van der Waals surface area contributed by atoms with Crippen molar-refractivity contribution in [2.24, 2.45) is 0 Å². The zero-order valence-electron chi connectivity index (χ0n) is 12.7. The summed E-state index contributed by atoms with van der Waals surface area (Å²) in [6.45, 7) is 0.260.